The average Bonchev–Trinajstić information content (AvgIpc) is 3.13. The average molecular weight is 436 g/mol. The second kappa shape index (κ2) is 9.89. The van der Waals surface area contributed by atoms with Crippen molar-refractivity contribution in [3.05, 3.63) is 59.8 Å². The van der Waals surface area contributed by atoms with Crippen LogP contribution in [0.25, 0.3) is 0 Å². The normalized spacial score (nSPS) is 11.8. The van der Waals surface area contributed by atoms with Gasteiger partial charge in [0.2, 0.25) is 18.7 Å². The molecule has 0 fully saturated rings. The lowest BCUT2D eigenvalue weighted by atomic mass is 10.2. The zero-order chi connectivity index (χ0) is 22.4. The van der Waals surface area contributed by atoms with Gasteiger partial charge in [0.05, 0.1) is 12.8 Å². The first-order valence-corrected chi connectivity index (χ1v) is 9.29. The van der Waals surface area contributed by atoms with Gasteiger partial charge in [-0.2, -0.15) is 10.1 Å². The molecular formula is C19H21F3N7O2+. The van der Waals surface area contributed by atoms with Gasteiger partial charge in [0.15, 0.2) is 0 Å². The SMILES string of the molecule is C[C@H](CO)NC(=O)C[n+]1cc(Nc2nccc(NCc3c(F)cc(F)cc3F)n2)c[nH]1. The number of hydrogen-bond acceptors (Lipinski definition) is 6. The van der Waals surface area contributed by atoms with Crippen LogP contribution in [0, 0.1) is 17.5 Å². The van der Waals surface area contributed by atoms with E-state index >= 15 is 0 Å². The van der Waals surface area contributed by atoms with E-state index in [2.05, 4.69) is 31.0 Å². The molecule has 0 aliphatic heterocycles. The number of hydrogen-bond donors (Lipinski definition) is 5. The Morgan fingerprint density at radius 1 is 1.29 bits per heavy atom. The molecule has 0 radical (unpaired) electrons. The number of aromatic nitrogens is 4. The first-order chi connectivity index (χ1) is 14.8. The molecule has 0 unspecified atom stereocenters. The number of amides is 1. The number of aliphatic hydroxyl groups excluding tert-OH is 1. The summed E-state index contributed by atoms with van der Waals surface area (Å²) < 4.78 is 42.0. The molecule has 2 aromatic heterocycles. The molecule has 1 atom stereocenters. The Kier molecular flexibility index (Phi) is 7.03. The predicted molar refractivity (Wildman–Crippen MR) is 105 cm³/mol. The number of carbonyl (C=O) groups is 1. The second-order valence-electron chi connectivity index (χ2n) is 6.73. The lowest BCUT2D eigenvalue weighted by Gasteiger charge is -2.09. The van der Waals surface area contributed by atoms with Gasteiger partial charge in [0.1, 0.15) is 29.0 Å². The molecule has 0 saturated heterocycles. The summed E-state index contributed by atoms with van der Waals surface area (Å²) in [5, 5.41) is 20.2. The van der Waals surface area contributed by atoms with Gasteiger partial charge in [-0.05, 0) is 13.0 Å². The van der Waals surface area contributed by atoms with Crippen LogP contribution in [-0.2, 0) is 17.9 Å². The molecule has 0 aliphatic carbocycles. The third-order valence-electron chi connectivity index (χ3n) is 4.14. The first-order valence-electron chi connectivity index (χ1n) is 9.29. The number of aliphatic hydroxyl groups is 1. The maximum atomic E-state index is 13.8. The fourth-order valence-electron chi connectivity index (χ4n) is 2.64. The number of H-pyrrole nitrogens is 1. The molecule has 0 saturated carbocycles. The van der Waals surface area contributed by atoms with Crippen molar-refractivity contribution in [3.63, 3.8) is 0 Å². The van der Waals surface area contributed by atoms with Gasteiger partial charge in [0, 0.05) is 36.5 Å². The van der Waals surface area contributed by atoms with E-state index in [1.54, 1.807) is 19.3 Å². The van der Waals surface area contributed by atoms with E-state index in [1.807, 2.05) is 0 Å². The monoisotopic (exact) mass is 436 g/mol. The lowest BCUT2D eigenvalue weighted by Crippen LogP contribution is -2.46. The third-order valence-corrected chi connectivity index (χ3v) is 4.14. The van der Waals surface area contributed by atoms with Crippen molar-refractivity contribution < 1.29 is 27.8 Å². The van der Waals surface area contributed by atoms with Crippen LogP contribution in [0.4, 0.5) is 30.6 Å². The zero-order valence-electron chi connectivity index (χ0n) is 16.5. The quantitative estimate of drug-likeness (QED) is 0.323. The maximum absolute atomic E-state index is 13.8. The van der Waals surface area contributed by atoms with Gasteiger partial charge in [-0.3, -0.25) is 4.79 Å². The van der Waals surface area contributed by atoms with E-state index in [4.69, 9.17) is 5.11 Å². The summed E-state index contributed by atoms with van der Waals surface area (Å²) >= 11 is 0. The minimum Gasteiger partial charge on any atom is -0.394 e. The number of nitrogens with one attached hydrogen (secondary N) is 4. The van der Waals surface area contributed by atoms with Crippen molar-refractivity contribution >= 4 is 23.4 Å². The van der Waals surface area contributed by atoms with Crippen molar-refractivity contribution in [1.29, 1.82) is 0 Å². The standard InChI is InChI=1S/C19H20F3N7O2/c1-11(10-30)26-18(31)9-29-8-13(6-25-29)27-19-23-3-2-17(28-19)24-7-14-15(21)4-12(20)5-16(14)22/h2-6,8,11,30H,7,9-10H2,1H3,(H3,23,24,26,27,28,31)/p+1/t11-/m1/s1. The number of halogens is 3. The predicted octanol–water partition coefficient (Wildman–Crippen LogP) is 1.36. The molecule has 3 rings (SSSR count). The number of anilines is 3. The molecule has 31 heavy (non-hydrogen) atoms. The van der Waals surface area contributed by atoms with Crippen LogP contribution in [0.1, 0.15) is 12.5 Å². The lowest BCUT2D eigenvalue weighted by molar-refractivity contribution is -0.738. The maximum Gasteiger partial charge on any atom is 0.288 e. The number of carbonyl (C=O) groups excluding carboxylic acids is 1. The van der Waals surface area contributed by atoms with Gasteiger partial charge in [0.25, 0.3) is 5.91 Å². The topological polar surface area (TPSA) is 119 Å². The molecule has 0 spiro atoms. The third kappa shape index (κ3) is 6.15. The van der Waals surface area contributed by atoms with Crippen molar-refractivity contribution in [3.8, 4) is 0 Å². The van der Waals surface area contributed by atoms with E-state index in [-0.39, 0.29) is 43.2 Å². The number of rotatable bonds is 9. The molecule has 0 bridgehead atoms. The van der Waals surface area contributed by atoms with E-state index in [0.717, 1.165) is 0 Å². The van der Waals surface area contributed by atoms with Gasteiger partial charge in [-0.1, -0.05) is 0 Å². The second-order valence-corrected chi connectivity index (χ2v) is 6.73. The summed E-state index contributed by atoms with van der Waals surface area (Å²) in [5.41, 5.74) is 0.255. The highest BCUT2D eigenvalue weighted by Gasteiger charge is 2.15. The fraction of sp³-hybridized carbons (Fsp3) is 0.263. The highest BCUT2D eigenvalue weighted by atomic mass is 19.1. The Morgan fingerprint density at radius 2 is 2.03 bits per heavy atom. The summed E-state index contributed by atoms with van der Waals surface area (Å²) in [6, 6.07) is 2.38. The van der Waals surface area contributed by atoms with Crippen molar-refractivity contribution in [1.82, 2.24) is 20.4 Å². The highest BCUT2D eigenvalue weighted by molar-refractivity contribution is 5.74. The zero-order valence-corrected chi connectivity index (χ0v) is 16.5. The molecule has 0 aliphatic rings. The molecule has 1 amide bonds. The largest absolute Gasteiger partial charge is 0.394 e. The fourth-order valence-corrected chi connectivity index (χ4v) is 2.64. The van der Waals surface area contributed by atoms with Crippen LogP contribution in [0.5, 0.6) is 0 Å². The van der Waals surface area contributed by atoms with Crippen LogP contribution < -0.4 is 20.6 Å². The van der Waals surface area contributed by atoms with Crippen LogP contribution in [0.3, 0.4) is 0 Å². The van der Waals surface area contributed by atoms with Gasteiger partial charge < -0.3 is 21.1 Å². The summed E-state index contributed by atoms with van der Waals surface area (Å²) in [4.78, 5) is 20.1. The van der Waals surface area contributed by atoms with Crippen LogP contribution in [0.2, 0.25) is 0 Å². The Hall–Kier alpha value is -3.67. The Balaban J connectivity index is 1.60. The number of nitrogens with zero attached hydrogens (tertiary/aromatic N) is 3. The Morgan fingerprint density at radius 3 is 2.74 bits per heavy atom. The van der Waals surface area contributed by atoms with E-state index in [0.29, 0.717) is 23.6 Å². The van der Waals surface area contributed by atoms with Crippen LogP contribution >= 0.6 is 0 Å². The summed E-state index contributed by atoms with van der Waals surface area (Å²) in [6.45, 7) is 1.31. The number of aromatic amines is 1. The molecule has 3 aromatic rings. The highest BCUT2D eigenvalue weighted by Crippen LogP contribution is 2.17. The summed E-state index contributed by atoms with van der Waals surface area (Å²) in [6.07, 6.45) is 4.66. The van der Waals surface area contributed by atoms with Gasteiger partial charge in [-0.25, -0.2) is 18.2 Å². The Bertz CT molecular complexity index is 1040. The van der Waals surface area contributed by atoms with Crippen molar-refractivity contribution in [2.75, 3.05) is 17.2 Å². The van der Waals surface area contributed by atoms with Crippen molar-refractivity contribution in [2.24, 2.45) is 0 Å². The molecular weight excluding hydrogens is 415 g/mol. The van der Waals surface area contributed by atoms with E-state index in [1.165, 1.54) is 16.9 Å². The van der Waals surface area contributed by atoms with E-state index < -0.39 is 17.5 Å². The number of benzene rings is 1. The van der Waals surface area contributed by atoms with Crippen molar-refractivity contribution in [2.45, 2.75) is 26.1 Å². The minimum absolute atomic E-state index is 0.0171. The van der Waals surface area contributed by atoms with Gasteiger partial charge >= 0.3 is 0 Å². The molecule has 12 heteroatoms. The Labute approximate surface area is 175 Å². The van der Waals surface area contributed by atoms with E-state index in [9.17, 15) is 18.0 Å². The first kappa shape index (κ1) is 22.0. The summed E-state index contributed by atoms with van der Waals surface area (Å²) in [5.74, 6) is -2.76. The smallest absolute Gasteiger partial charge is 0.288 e. The molecule has 9 nitrogen and oxygen atoms in total. The van der Waals surface area contributed by atoms with Crippen LogP contribution in [-0.4, -0.2) is 38.7 Å². The van der Waals surface area contributed by atoms with Gasteiger partial charge in [-0.15, -0.1) is 4.68 Å². The molecule has 164 valence electrons. The molecule has 2 heterocycles. The molecule has 1 aromatic carbocycles. The summed E-state index contributed by atoms with van der Waals surface area (Å²) in [7, 11) is 0. The minimum atomic E-state index is -0.994. The van der Waals surface area contributed by atoms with Crippen LogP contribution in [0.15, 0.2) is 36.8 Å². The molecule has 5 N–H and O–H groups in total.